The van der Waals surface area contributed by atoms with E-state index in [1.54, 1.807) is 6.07 Å². The van der Waals surface area contributed by atoms with Crippen LogP contribution in [0.25, 0.3) is 0 Å². The SMILES string of the molecule is CCOc1cccc(CC(CN)CN)c1O. The molecule has 0 aromatic heterocycles. The number of hydrogen-bond acceptors (Lipinski definition) is 4. The topological polar surface area (TPSA) is 81.5 Å². The molecule has 1 aromatic rings. The number of phenols is 1. The summed E-state index contributed by atoms with van der Waals surface area (Å²) < 4.78 is 5.31. The van der Waals surface area contributed by atoms with Crippen LogP contribution in [-0.2, 0) is 6.42 Å². The van der Waals surface area contributed by atoms with Crippen molar-refractivity contribution in [2.24, 2.45) is 17.4 Å². The van der Waals surface area contributed by atoms with E-state index in [1.807, 2.05) is 19.1 Å². The Hall–Kier alpha value is -1.26. The number of benzene rings is 1. The molecular formula is C12H20N2O2. The van der Waals surface area contributed by atoms with Crippen molar-refractivity contribution in [3.8, 4) is 11.5 Å². The Morgan fingerprint density at radius 1 is 1.31 bits per heavy atom. The Morgan fingerprint density at radius 2 is 2.00 bits per heavy atom. The predicted molar refractivity (Wildman–Crippen MR) is 64.6 cm³/mol. The number of phenolic OH excluding ortho intramolecular Hbond substituents is 1. The fourth-order valence-corrected chi connectivity index (χ4v) is 1.58. The second-order valence-electron chi connectivity index (χ2n) is 3.74. The lowest BCUT2D eigenvalue weighted by Gasteiger charge is -2.14. The minimum Gasteiger partial charge on any atom is -0.504 e. The highest BCUT2D eigenvalue weighted by Crippen LogP contribution is 2.31. The van der Waals surface area contributed by atoms with E-state index >= 15 is 0 Å². The lowest BCUT2D eigenvalue weighted by molar-refractivity contribution is 0.316. The second-order valence-corrected chi connectivity index (χ2v) is 3.74. The molecule has 0 heterocycles. The molecule has 0 amide bonds. The first-order chi connectivity index (χ1) is 7.72. The van der Waals surface area contributed by atoms with Crippen LogP contribution < -0.4 is 16.2 Å². The quantitative estimate of drug-likeness (QED) is 0.669. The van der Waals surface area contributed by atoms with Crippen LogP contribution in [0.2, 0.25) is 0 Å². The fourth-order valence-electron chi connectivity index (χ4n) is 1.58. The number of para-hydroxylation sites is 1. The average Bonchev–Trinajstić information content (AvgIpc) is 2.30. The third kappa shape index (κ3) is 3.12. The van der Waals surface area contributed by atoms with E-state index in [0.29, 0.717) is 31.9 Å². The van der Waals surface area contributed by atoms with Crippen LogP contribution in [0.4, 0.5) is 0 Å². The Labute approximate surface area is 96.2 Å². The van der Waals surface area contributed by atoms with Crippen LogP contribution in [0, 0.1) is 5.92 Å². The van der Waals surface area contributed by atoms with Crippen molar-refractivity contribution in [3.05, 3.63) is 23.8 Å². The molecule has 0 aliphatic carbocycles. The van der Waals surface area contributed by atoms with Gasteiger partial charge in [-0.2, -0.15) is 0 Å². The molecule has 0 unspecified atom stereocenters. The van der Waals surface area contributed by atoms with E-state index in [1.165, 1.54) is 0 Å². The van der Waals surface area contributed by atoms with Crippen molar-refractivity contribution < 1.29 is 9.84 Å². The van der Waals surface area contributed by atoms with Crippen molar-refractivity contribution in [1.29, 1.82) is 0 Å². The molecule has 0 saturated heterocycles. The van der Waals surface area contributed by atoms with Crippen LogP contribution in [0.5, 0.6) is 11.5 Å². The van der Waals surface area contributed by atoms with Gasteiger partial charge in [-0.05, 0) is 44.0 Å². The molecule has 0 atom stereocenters. The maximum absolute atomic E-state index is 9.95. The monoisotopic (exact) mass is 224 g/mol. The molecule has 90 valence electrons. The molecule has 16 heavy (non-hydrogen) atoms. The molecule has 0 saturated carbocycles. The van der Waals surface area contributed by atoms with Gasteiger partial charge in [0, 0.05) is 0 Å². The zero-order valence-corrected chi connectivity index (χ0v) is 9.65. The Kier molecular flexibility index (Phi) is 5.08. The van der Waals surface area contributed by atoms with Crippen molar-refractivity contribution in [2.45, 2.75) is 13.3 Å². The summed E-state index contributed by atoms with van der Waals surface area (Å²) in [7, 11) is 0. The molecule has 5 N–H and O–H groups in total. The van der Waals surface area contributed by atoms with E-state index in [-0.39, 0.29) is 11.7 Å². The molecule has 0 aliphatic rings. The smallest absolute Gasteiger partial charge is 0.161 e. The van der Waals surface area contributed by atoms with Crippen molar-refractivity contribution in [3.63, 3.8) is 0 Å². The van der Waals surface area contributed by atoms with Gasteiger partial charge < -0.3 is 21.3 Å². The van der Waals surface area contributed by atoms with Gasteiger partial charge in [0.15, 0.2) is 11.5 Å². The molecule has 1 rings (SSSR count). The maximum atomic E-state index is 9.95. The van der Waals surface area contributed by atoms with Gasteiger partial charge in [-0.1, -0.05) is 12.1 Å². The van der Waals surface area contributed by atoms with E-state index in [9.17, 15) is 5.11 Å². The lowest BCUT2D eigenvalue weighted by Crippen LogP contribution is -2.25. The Balaban J connectivity index is 2.83. The first-order valence-corrected chi connectivity index (χ1v) is 5.56. The summed E-state index contributed by atoms with van der Waals surface area (Å²) in [5.74, 6) is 0.923. The third-order valence-corrected chi connectivity index (χ3v) is 2.56. The lowest BCUT2D eigenvalue weighted by atomic mass is 9.98. The molecular weight excluding hydrogens is 204 g/mol. The van der Waals surface area contributed by atoms with Gasteiger partial charge >= 0.3 is 0 Å². The number of rotatable bonds is 6. The summed E-state index contributed by atoms with van der Waals surface area (Å²) >= 11 is 0. The third-order valence-electron chi connectivity index (χ3n) is 2.56. The molecule has 0 radical (unpaired) electrons. The molecule has 4 heteroatoms. The second kappa shape index (κ2) is 6.35. The maximum Gasteiger partial charge on any atom is 0.161 e. The molecule has 4 nitrogen and oxygen atoms in total. The van der Waals surface area contributed by atoms with Gasteiger partial charge in [0.1, 0.15) is 0 Å². The minimum atomic E-state index is 0.197. The standard InChI is InChI=1S/C12H20N2O2/c1-2-16-11-5-3-4-10(12(11)15)6-9(7-13)8-14/h3-5,9,15H,2,6-8,13-14H2,1H3. The Morgan fingerprint density at radius 3 is 2.56 bits per heavy atom. The molecule has 0 aliphatic heterocycles. The summed E-state index contributed by atoms with van der Waals surface area (Å²) in [5, 5.41) is 9.95. The van der Waals surface area contributed by atoms with E-state index in [0.717, 1.165) is 5.56 Å². The van der Waals surface area contributed by atoms with Gasteiger partial charge in [0.05, 0.1) is 6.61 Å². The van der Waals surface area contributed by atoms with Gasteiger partial charge in [-0.25, -0.2) is 0 Å². The first-order valence-electron chi connectivity index (χ1n) is 5.56. The van der Waals surface area contributed by atoms with Gasteiger partial charge in [-0.3, -0.25) is 0 Å². The van der Waals surface area contributed by atoms with Crippen LogP contribution in [0.1, 0.15) is 12.5 Å². The van der Waals surface area contributed by atoms with E-state index in [2.05, 4.69) is 0 Å². The zero-order valence-electron chi connectivity index (χ0n) is 9.65. The summed E-state index contributed by atoms with van der Waals surface area (Å²) in [6.07, 6.45) is 0.680. The summed E-state index contributed by atoms with van der Waals surface area (Å²) in [4.78, 5) is 0. The predicted octanol–water partition coefficient (Wildman–Crippen LogP) is 0.867. The highest BCUT2D eigenvalue weighted by atomic mass is 16.5. The van der Waals surface area contributed by atoms with Crippen LogP contribution in [0.15, 0.2) is 18.2 Å². The summed E-state index contributed by atoms with van der Waals surface area (Å²) in [5.41, 5.74) is 12.0. The molecule has 1 aromatic carbocycles. The Bertz CT molecular complexity index is 325. The van der Waals surface area contributed by atoms with Gasteiger partial charge in [-0.15, -0.1) is 0 Å². The molecule has 0 spiro atoms. The van der Waals surface area contributed by atoms with E-state index in [4.69, 9.17) is 16.2 Å². The first kappa shape index (κ1) is 12.8. The van der Waals surface area contributed by atoms with Crippen LogP contribution >= 0.6 is 0 Å². The number of hydrogen-bond donors (Lipinski definition) is 3. The number of aromatic hydroxyl groups is 1. The van der Waals surface area contributed by atoms with Crippen LogP contribution in [0.3, 0.4) is 0 Å². The zero-order chi connectivity index (χ0) is 12.0. The van der Waals surface area contributed by atoms with Crippen LogP contribution in [-0.4, -0.2) is 24.8 Å². The van der Waals surface area contributed by atoms with Crippen molar-refractivity contribution in [1.82, 2.24) is 0 Å². The van der Waals surface area contributed by atoms with Crippen molar-refractivity contribution in [2.75, 3.05) is 19.7 Å². The van der Waals surface area contributed by atoms with Crippen molar-refractivity contribution >= 4 is 0 Å². The molecule has 0 fully saturated rings. The largest absolute Gasteiger partial charge is 0.504 e. The average molecular weight is 224 g/mol. The van der Waals surface area contributed by atoms with Gasteiger partial charge in [0.25, 0.3) is 0 Å². The summed E-state index contributed by atoms with van der Waals surface area (Å²) in [6, 6.07) is 5.49. The number of ether oxygens (including phenoxy) is 1. The number of nitrogens with two attached hydrogens (primary N) is 2. The normalized spacial score (nSPS) is 10.8. The highest BCUT2D eigenvalue weighted by Gasteiger charge is 2.12. The minimum absolute atomic E-state index is 0.197. The summed E-state index contributed by atoms with van der Waals surface area (Å²) in [6.45, 7) is 3.46. The molecule has 0 bridgehead atoms. The highest BCUT2D eigenvalue weighted by molar-refractivity contribution is 5.45. The van der Waals surface area contributed by atoms with Gasteiger partial charge in [0.2, 0.25) is 0 Å². The fraction of sp³-hybridized carbons (Fsp3) is 0.500. The van der Waals surface area contributed by atoms with E-state index < -0.39 is 0 Å².